The third-order valence-corrected chi connectivity index (χ3v) is 3.39. The molecule has 0 amide bonds. The van der Waals surface area contributed by atoms with Gasteiger partial charge in [0.2, 0.25) is 0 Å². The van der Waals surface area contributed by atoms with Crippen molar-refractivity contribution in [3.05, 3.63) is 53.8 Å². The molecule has 0 fully saturated rings. The maximum absolute atomic E-state index is 2.45. The zero-order chi connectivity index (χ0) is 11.7. The fourth-order valence-electron chi connectivity index (χ4n) is 2.68. The molecule has 1 heterocycles. The number of aromatic nitrogens is 1. The number of hydrogen-bond donors (Lipinski definition) is 0. The normalized spacial score (nSPS) is 13.9. The van der Waals surface area contributed by atoms with Crippen LogP contribution in [0.15, 0.2) is 42.5 Å². The van der Waals surface area contributed by atoms with Crippen LogP contribution in [0.1, 0.15) is 24.6 Å². The monoisotopic (exact) mass is 223 g/mol. The van der Waals surface area contributed by atoms with Gasteiger partial charge in [0.1, 0.15) is 0 Å². The summed E-state index contributed by atoms with van der Waals surface area (Å²) in [5.74, 6) is 0. The van der Waals surface area contributed by atoms with Gasteiger partial charge in [-0.25, -0.2) is 0 Å². The number of aryl methyl sites for hydroxylation is 1. The van der Waals surface area contributed by atoms with Crippen molar-refractivity contribution < 1.29 is 0 Å². The molecule has 1 aliphatic carbocycles. The van der Waals surface area contributed by atoms with Gasteiger partial charge in [-0.2, -0.15) is 0 Å². The highest BCUT2D eigenvalue weighted by atomic mass is 15.0. The second-order valence-corrected chi connectivity index (χ2v) is 4.52. The molecule has 2 aromatic rings. The van der Waals surface area contributed by atoms with Gasteiger partial charge in [0.25, 0.3) is 0 Å². The van der Waals surface area contributed by atoms with Gasteiger partial charge in [0.15, 0.2) is 0 Å². The van der Waals surface area contributed by atoms with Crippen LogP contribution in [0.4, 0.5) is 0 Å². The predicted molar refractivity (Wildman–Crippen MR) is 74.1 cm³/mol. The summed E-state index contributed by atoms with van der Waals surface area (Å²) in [7, 11) is 0. The number of allylic oxidation sites excluding steroid dienone is 3. The topological polar surface area (TPSA) is 4.93 Å². The second-order valence-electron chi connectivity index (χ2n) is 4.52. The molecular formula is C16H17N. The van der Waals surface area contributed by atoms with Crippen molar-refractivity contribution in [1.82, 2.24) is 4.57 Å². The zero-order valence-corrected chi connectivity index (χ0v) is 10.2. The molecule has 1 aromatic carbocycles. The van der Waals surface area contributed by atoms with Gasteiger partial charge >= 0.3 is 0 Å². The Bertz CT molecular complexity index is 599. The average molecular weight is 223 g/mol. The first-order valence-electron chi connectivity index (χ1n) is 6.35. The van der Waals surface area contributed by atoms with E-state index in [0.29, 0.717) is 0 Å². The highest BCUT2D eigenvalue weighted by Gasteiger charge is 2.13. The molecular weight excluding hydrogens is 206 g/mol. The molecule has 0 radical (unpaired) electrons. The maximum atomic E-state index is 2.45. The van der Waals surface area contributed by atoms with Crippen LogP contribution in [-0.4, -0.2) is 4.57 Å². The number of rotatable bonds is 2. The quantitative estimate of drug-likeness (QED) is 0.720. The van der Waals surface area contributed by atoms with E-state index in [9.17, 15) is 0 Å². The van der Waals surface area contributed by atoms with Gasteiger partial charge < -0.3 is 4.57 Å². The van der Waals surface area contributed by atoms with Gasteiger partial charge in [-0.05, 0) is 30.5 Å². The van der Waals surface area contributed by atoms with Crippen LogP contribution < -0.4 is 0 Å². The number of para-hydroxylation sites is 1. The Hall–Kier alpha value is -1.76. The average Bonchev–Trinajstić information content (AvgIpc) is 2.55. The summed E-state index contributed by atoms with van der Waals surface area (Å²) in [4.78, 5) is 0. The second kappa shape index (κ2) is 4.25. The molecule has 1 nitrogen and oxygen atoms in total. The predicted octanol–water partition coefficient (Wildman–Crippen LogP) is 4.18. The van der Waals surface area contributed by atoms with Gasteiger partial charge in [-0.1, -0.05) is 43.4 Å². The largest absolute Gasteiger partial charge is 0.341 e. The van der Waals surface area contributed by atoms with Gasteiger partial charge in [-0.3, -0.25) is 0 Å². The summed E-state index contributed by atoms with van der Waals surface area (Å²) < 4.78 is 2.45. The van der Waals surface area contributed by atoms with Crippen LogP contribution in [0.25, 0.3) is 17.0 Å². The highest BCUT2D eigenvalue weighted by molar-refractivity contribution is 5.88. The lowest BCUT2D eigenvalue weighted by atomic mass is 10.1. The minimum atomic E-state index is 1.04. The molecule has 0 atom stereocenters. The van der Waals surface area contributed by atoms with Crippen molar-refractivity contribution >= 4 is 17.0 Å². The molecule has 3 rings (SSSR count). The van der Waals surface area contributed by atoms with E-state index < -0.39 is 0 Å². The molecule has 0 saturated carbocycles. The third-order valence-electron chi connectivity index (χ3n) is 3.39. The summed E-state index contributed by atoms with van der Waals surface area (Å²) >= 11 is 0. The number of fused-ring (bicyclic) bond motifs is 3. The Labute approximate surface area is 102 Å². The van der Waals surface area contributed by atoms with Crippen LogP contribution in [0.5, 0.6) is 0 Å². The molecule has 0 spiro atoms. The van der Waals surface area contributed by atoms with E-state index in [1.807, 2.05) is 0 Å². The summed E-state index contributed by atoms with van der Waals surface area (Å²) in [5.41, 5.74) is 4.23. The SMILES string of the molecule is CCCn1c2c(c3ccccc31)CC=CC=C2. The molecule has 0 saturated heterocycles. The van der Waals surface area contributed by atoms with Crippen molar-refractivity contribution in [3.63, 3.8) is 0 Å². The lowest BCUT2D eigenvalue weighted by molar-refractivity contribution is 0.696. The van der Waals surface area contributed by atoms with Crippen molar-refractivity contribution in [2.75, 3.05) is 0 Å². The smallest absolute Gasteiger partial charge is 0.0488 e. The molecule has 1 aromatic heterocycles. The third kappa shape index (κ3) is 1.62. The fourth-order valence-corrected chi connectivity index (χ4v) is 2.68. The van der Waals surface area contributed by atoms with Crippen LogP contribution >= 0.6 is 0 Å². The van der Waals surface area contributed by atoms with Crippen molar-refractivity contribution in [2.45, 2.75) is 26.3 Å². The fraction of sp³-hybridized carbons (Fsp3) is 0.250. The summed E-state index contributed by atoms with van der Waals surface area (Å²) in [6.07, 6.45) is 11.0. The Kier molecular flexibility index (Phi) is 2.60. The van der Waals surface area contributed by atoms with Crippen LogP contribution in [-0.2, 0) is 13.0 Å². The van der Waals surface area contributed by atoms with E-state index in [2.05, 4.69) is 60.1 Å². The van der Waals surface area contributed by atoms with E-state index in [4.69, 9.17) is 0 Å². The molecule has 17 heavy (non-hydrogen) atoms. The Morgan fingerprint density at radius 2 is 2.06 bits per heavy atom. The van der Waals surface area contributed by atoms with Crippen LogP contribution in [0, 0.1) is 0 Å². The summed E-state index contributed by atoms with van der Waals surface area (Å²) in [6, 6.07) is 8.75. The highest BCUT2D eigenvalue weighted by Crippen LogP contribution is 2.29. The van der Waals surface area contributed by atoms with Crippen LogP contribution in [0.3, 0.4) is 0 Å². The Balaban J connectivity index is 2.33. The molecule has 0 bridgehead atoms. The molecule has 0 aliphatic heterocycles. The zero-order valence-electron chi connectivity index (χ0n) is 10.2. The van der Waals surface area contributed by atoms with E-state index >= 15 is 0 Å². The minimum absolute atomic E-state index is 1.04. The summed E-state index contributed by atoms with van der Waals surface area (Å²) in [5, 5.41) is 1.41. The first-order valence-corrected chi connectivity index (χ1v) is 6.35. The molecule has 1 heteroatoms. The minimum Gasteiger partial charge on any atom is -0.341 e. The van der Waals surface area contributed by atoms with Crippen molar-refractivity contribution in [3.8, 4) is 0 Å². The van der Waals surface area contributed by atoms with Gasteiger partial charge in [0, 0.05) is 23.1 Å². The number of benzene rings is 1. The molecule has 0 unspecified atom stereocenters. The number of nitrogens with zero attached hydrogens (tertiary/aromatic N) is 1. The van der Waals surface area contributed by atoms with Gasteiger partial charge in [0.05, 0.1) is 0 Å². The first kappa shape index (κ1) is 10.4. The lowest BCUT2D eigenvalue weighted by Crippen LogP contribution is -1.99. The van der Waals surface area contributed by atoms with Gasteiger partial charge in [-0.15, -0.1) is 0 Å². The number of hydrogen-bond acceptors (Lipinski definition) is 0. The van der Waals surface area contributed by atoms with E-state index in [1.165, 1.54) is 28.6 Å². The summed E-state index contributed by atoms with van der Waals surface area (Å²) in [6.45, 7) is 3.33. The molecule has 86 valence electrons. The maximum Gasteiger partial charge on any atom is 0.0488 e. The standard InChI is InChI=1S/C16H17N/c1-2-12-17-15-10-5-3-4-8-13(15)14-9-6-7-11-16(14)17/h3-7,9-11H,2,8,12H2,1H3. The van der Waals surface area contributed by atoms with Crippen LogP contribution in [0.2, 0.25) is 0 Å². The Morgan fingerprint density at radius 3 is 2.94 bits per heavy atom. The van der Waals surface area contributed by atoms with E-state index in [-0.39, 0.29) is 0 Å². The molecule has 1 aliphatic rings. The van der Waals surface area contributed by atoms with E-state index in [0.717, 1.165) is 13.0 Å². The Morgan fingerprint density at radius 1 is 1.18 bits per heavy atom. The van der Waals surface area contributed by atoms with Crippen molar-refractivity contribution in [1.29, 1.82) is 0 Å². The van der Waals surface area contributed by atoms with E-state index in [1.54, 1.807) is 0 Å². The van der Waals surface area contributed by atoms with Crippen molar-refractivity contribution in [2.24, 2.45) is 0 Å². The first-order chi connectivity index (χ1) is 8.42. The molecule has 0 N–H and O–H groups in total. The lowest BCUT2D eigenvalue weighted by Gasteiger charge is -2.06.